The minimum atomic E-state index is -1.02. The molecule has 0 unspecified atom stereocenters. The second kappa shape index (κ2) is 6.57. The predicted molar refractivity (Wildman–Crippen MR) is 74.5 cm³/mol. The van der Waals surface area contributed by atoms with Crippen molar-refractivity contribution in [3.05, 3.63) is 34.3 Å². The van der Waals surface area contributed by atoms with Crippen LogP contribution in [0, 0.1) is 12.8 Å². The van der Waals surface area contributed by atoms with Crippen LogP contribution >= 0.6 is 11.6 Å². The molecule has 19 heavy (non-hydrogen) atoms. The molecule has 1 aromatic rings. The number of aryl methyl sites for hydroxylation is 1. The fraction of sp³-hybridized carbons (Fsp3) is 0.429. The minimum Gasteiger partial charge on any atom is -0.480 e. The van der Waals surface area contributed by atoms with Gasteiger partial charge in [0.15, 0.2) is 0 Å². The van der Waals surface area contributed by atoms with E-state index in [1.165, 1.54) is 0 Å². The van der Waals surface area contributed by atoms with Crippen LogP contribution in [-0.4, -0.2) is 23.0 Å². The lowest BCUT2D eigenvalue weighted by Crippen LogP contribution is -2.41. The molecular formula is C14H18ClNO3. The number of aliphatic carboxylic acids is 1. The number of hydrogen-bond acceptors (Lipinski definition) is 2. The Bertz CT molecular complexity index is 486. The van der Waals surface area contributed by atoms with Crippen molar-refractivity contribution < 1.29 is 14.7 Å². The van der Waals surface area contributed by atoms with Crippen molar-refractivity contribution >= 4 is 23.5 Å². The highest BCUT2D eigenvalue weighted by Gasteiger charge is 2.21. The Morgan fingerprint density at radius 3 is 2.47 bits per heavy atom. The van der Waals surface area contributed by atoms with Crippen LogP contribution in [0.3, 0.4) is 0 Å². The molecule has 1 amide bonds. The molecule has 0 aliphatic heterocycles. The number of carboxylic acids is 1. The van der Waals surface area contributed by atoms with Crippen LogP contribution in [0.2, 0.25) is 5.02 Å². The predicted octanol–water partition coefficient (Wildman–Crippen LogP) is 2.88. The first-order valence-corrected chi connectivity index (χ1v) is 6.49. The third-order valence-electron chi connectivity index (χ3n) is 2.73. The van der Waals surface area contributed by atoms with Crippen LogP contribution in [0.25, 0.3) is 0 Å². The van der Waals surface area contributed by atoms with Gasteiger partial charge < -0.3 is 10.4 Å². The van der Waals surface area contributed by atoms with Crippen molar-refractivity contribution in [1.82, 2.24) is 5.32 Å². The fourth-order valence-corrected chi connectivity index (χ4v) is 1.84. The van der Waals surface area contributed by atoms with Crippen LogP contribution < -0.4 is 5.32 Å². The Morgan fingerprint density at radius 1 is 1.37 bits per heavy atom. The highest BCUT2D eigenvalue weighted by molar-refractivity contribution is 6.31. The third kappa shape index (κ3) is 4.56. The molecule has 0 aromatic heterocycles. The molecule has 0 aliphatic carbocycles. The van der Waals surface area contributed by atoms with Crippen LogP contribution in [0.1, 0.15) is 36.2 Å². The third-order valence-corrected chi connectivity index (χ3v) is 3.15. The number of carbonyl (C=O) groups excluding carboxylic acids is 1. The summed E-state index contributed by atoms with van der Waals surface area (Å²) in [5.41, 5.74) is 1.20. The van der Waals surface area contributed by atoms with Gasteiger partial charge in [-0.05, 0) is 43.0 Å². The molecule has 0 heterocycles. The molecule has 0 aliphatic rings. The molecule has 1 aromatic carbocycles. The maximum atomic E-state index is 12.0. The van der Waals surface area contributed by atoms with Gasteiger partial charge in [0, 0.05) is 10.6 Å². The van der Waals surface area contributed by atoms with Crippen LogP contribution in [-0.2, 0) is 4.79 Å². The van der Waals surface area contributed by atoms with Crippen molar-refractivity contribution in [2.75, 3.05) is 0 Å². The Hall–Kier alpha value is -1.55. The number of rotatable bonds is 5. The van der Waals surface area contributed by atoms with Gasteiger partial charge in [0.2, 0.25) is 0 Å². The Balaban J connectivity index is 2.81. The lowest BCUT2D eigenvalue weighted by atomic mass is 10.0. The summed E-state index contributed by atoms with van der Waals surface area (Å²) in [5, 5.41) is 12.2. The van der Waals surface area contributed by atoms with Gasteiger partial charge in [0.05, 0.1) is 0 Å². The molecule has 2 N–H and O–H groups in total. The Kier molecular flexibility index (Phi) is 5.36. The highest BCUT2D eigenvalue weighted by Crippen LogP contribution is 2.16. The highest BCUT2D eigenvalue weighted by atomic mass is 35.5. The second-order valence-corrected chi connectivity index (χ2v) is 5.36. The molecule has 104 valence electrons. The normalized spacial score (nSPS) is 12.3. The van der Waals surface area contributed by atoms with Crippen LogP contribution in [0.5, 0.6) is 0 Å². The summed E-state index contributed by atoms with van der Waals surface area (Å²) in [6, 6.07) is 3.98. The zero-order chi connectivity index (χ0) is 14.6. The smallest absolute Gasteiger partial charge is 0.326 e. The van der Waals surface area contributed by atoms with E-state index in [9.17, 15) is 9.59 Å². The van der Waals surface area contributed by atoms with Gasteiger partial charge in [0.25, 0.3) is 5.91 Å². The summed E-state index contributed by atoms with van der Waals surface area (Å²) in [4.78, 5) is 23.1. The summed E-state index contributed by atoms with van der Waals surface area (Å²) in [5.74, 6) is -1.23. The van der Waals surface area contributed by atoms with Gasteiger partial charge in [-0.3, -0.25) is 4.79 Å². The van der Waals surface area contributed by atoms with Gasteiger partial charge >= 0.3 is 5.97 Å². The largest absolute Gasteiger partial charge is 0.480 e. The van der Waals surface area contributed by atoms with Crippen LogP contribution in [0.15, 0.2) is 18.2 Å². The van der Waals surface area contributed by atoms with E-state index < -0.39 is 17.9 Å². The van der Waals surface area contributed by atoms with E-state index in [1.54, 1.807) is 25.1 Å². The first kappa shape index (κ1) is 15.5. The molecule has 0 saturated heterocycles. The standard InChI is InChI=1S/C14H18ClNO3/c1-8(2)6-12(14(18)19)16-13(17)10-4-5-11(15)9(3)7-10/h4-5,7-8,12H,6H2,1-3H3,(H,16,17)(H,18,19)/t12-/m0/s1. The summed E-state index contributed by atoms with van der Waals surface area (Å²) in [6.45, 7) is 5.62. The number of benzene rings is 1. The fourth-order valence-electron chi connectivity index (χ4n) is 1.72. The monoisotopic (exact) mass is 283 g/mol. The molecule has 1 rings (SSSR count). The maximum Gasteiger partial charge on any atom is 0.326 e. The quantitative estimate of drug-likeness (QED) is 0.873. The molecule has 0 radical (unpaired) electrons. The van der Waals surface area contributed by atoms with Crippen LogP contribution in [0.4, 0.5) is 0 Å². The van der Waals surface area contributed by atoms with Gasteiger partial charge in [-0.15, -0.1) is 0 Å². The minimum absolute atomic E-state index is 0.188. The summed E-state index contributed by atoms with van der Waals surface area (Å²) in [7, 11) is 0. The molecule has 0 saturated carbocycles. The maximum absolute atomic E-state index is 12.0. The average Bonchev–Trinajstić information content (AvgIpc) is 2.31. The number of amides is 1. The van der Waals surface area contributed by atoms with E-state index in [4.69, 9.17) is 16.7 Å². The van der Waals surface area contributed by atoms with Crippen molar-refractivity contribution in [3.8, 4) is 0 Å². The Labute approximate surface area is 117 Å². The second-order valence-electron chi connectivity index (χ2n) is 4.96. The number of nitrogens with one attached hydrogen (secondary N) is 1. The van der Waals surface area contributed by atoms with Crippen molar-refractivity contribution in [2.45, 2.75) is 33.2 Å². The van der Waals surface area contributed by atoms with E-state index in [-0.39, 0.29) is 5.92 Å². The zero-order valence-electron chi connectivity index (χ0n) is 11.2. The Morgan fingerprint density at radius 2 is 2.00 bits per heavy atom. The van der Waals surface area contributed by atoms with Gasteiger partial charge in [-0.25, -0.2) is 4.79 Å². The number of carbonyl (C=O) groups is 2. The molecule has 1 atom stereocenters. The van der Waals surface area contributed by atoms with E-state index in [2.05, 4.69) is 5.32 Å². The SMILES string of the molecule is Cc1cc(C(=O)N[C@@H](CC(C)C)C(=O)O)ccc1Cl. The number of carboxylic acid groups (broad SMARTS) is 1. The molecule has 0 bridgehead atoms. The molecule has 0 fully saturated rings. The van der Waals surface area contributed by atoms with Gasteiger partial charge in [0.1, 0.15) is 6.04 Å². The van der Waals surface area contributed by atoms with Crippen molar-refractivity contribution in [3.63, 3.8) is 0 Å². The van der Waals surface area contributed by atoms with E-state index in [0.717, 1.165) is 5.56 Å². The summed E-state index contributed by atoms with van der Waals surface area (Å²) >= 11 is 5.88. The van der Waals surface area contributed by atoms with Crippen molar-refractivity contribution in [2.24, 2.45) is 5.92 Å². The van der Waals surface area contributed by atoms with E-state index in [0.29, 0.717) is 17.0 Å². The van der Waals surface area contributed by atoms with Gasteiger partial charge in [-0.1, -0.05) is 25.4 Å². The lowest BCUT2D eigenvalue weighted by molar-refractivity contribution is -0.139. The first-order valence-electron chi connectivity index (χ1n) is 6.11. The molecule has 4 nitrogen and oxygen atoms in total. The summed E-state index contributed by atoms with van der Waals surface area (Å²) in [6.07, 6.45) is 0.396. The van der Waals surface area contributed by atoms with Crippen molar-refractivity contribution in [1.29, 1.82) is 0 Å². The topological polar surface area (TPSA) is 66.4 Å². The zero-order valence-corrected chi connectivity index (χ0v) is 12.0. The average molecular weight is 284 g/mol. The molecular weight excluding hydrogens is 266 g/mol. The van der Waals surface area contributed by atoms with Gasteiger partial charge in [-0.2, -0.15) is 0 Å². The number of hydrogen-bond donors (Lipinski definition) is 2. The summed E-state index contributed by atoms with van der Waals surface area (Å²) < 4.78 is 0. The van der Waals surface area contributed by atoms with E-state index in [1.807, 2.05) is 13.8 Å². The number of halogens is 1. The lowest BCUT2D eigenvalue weighted by Gasteiger charge is -2.16. The molecule has 0 spiro atoms. The van der Waals surface area contributed by atoms with E-state index >= 15 is 0 Å². The first-order chi connectivity index (χ1) is 8.81. The molecule has 5 heteroatoms.